The average Bonchev–Trinajstić information content (AvgIpc) is 2.62. The van der Waals surface area contributed by atoms with Gasteiger partial charge in [0.15, 0.2) is 5.82 Å². The highest BCUT2D eigenvalue weighted by molar-refractivity contribution is 5.55. The van der Waals surface area contributed by atoms with Crippen molar-refractivity contribution in [2.24, 2.45) is 0 Å². The van der Waals surface area contributed by atoms with Crippen molar-refractivity contribution < 1.29 is 0 Å². The Hall–Kier alpha value is -2.52. The van der Waals surface area contributed by atoms with Gasteiger partial charge >= 0.3 is 0 Å². The molecule has 0 bridgehead atoms. The van der Waals surface area contributed by atoms with Crippen LogP contribution in [0, 0.1) is 13.8 Å². The van der Waals surface area contributed by atoms with Gasteiger partial charge < -0.3 is 0 Å². The third kappa shape index (κ3) is 3.62. The average molecular weight is 329 g/mol. The van der Waals surface area contributed by atoms with Gasteiger partial charge in [0.2, 0.25) is 0 Å². The van der Waals surface area contributed by atoms with Crippen LogP contribution in [0.5, 0.6) is 0 Å². The van der Waals surface area contributed by atoms with E-state index in [0.29, 0.717) is 0 Å². The fourth-order valence-electron chi connectivity index (χ4n) is 3.40. The summed E-state index contributed by atoms with van der Waals surface area (Å²) in [5, 5.41) is 0. The predicted molar refractivity (Wildman–Crippen MR) is 101 cm³/mol. The van der Waals surface area contributed by atoms with Gasteiger partial charge in [0.25, 0.3) is 0 Å². The monoisotopic (exact) mass is 329 g/mol. The van der Waals surface area contributed by atoms with Crippen LogP contribution in [0.25, 0.3) is 11.4 Å². The number of aromatic nitrogens is 2. The second-order valence-electron chi connectivity index (χ2n) is 6.98. The van der Waals surface area contributed by atoms with Crippen molar-refractivity contribution in [3.63, 3.8) is 0 Å². The van der Waals surface area contributed by atoms with Crippen molar-refractivity contribution in [1.82, 2.24) is 14.9 Å². The summed E-state index contributed by atoms with van der Waals surface area (Å²) in [5.74, 6) is 0.830. The molecule has 0 saturated heterocycles. The summed E-state index contributed by atoms with van der Waals surface area (Å²) in [6.07, 6.45) is 3.04. The van der Waals surface area contributed by atoms with E-state index in [1.807, 2.05) is 6.20 Å². The van der Waals surface area contributed by atoms with Gasteiger partial charge in [-0.1, -0.05) is 59.7 Å². The lowest BCUT2D eigenvalue weighted by Crippen LogP contribution is -2.31. The molecule has 126 valence electrons. The maximum absolute atomic E-state index is 4.87. The van der Waals surface area contributed by atoms with Gasteiger partial charge in [-0.05, 0) is 31.4 Å². The van der Waals surface area contributed by atoms with Crippen LogP contribution in [0.2, 0.25) is 0 Å². The molecule has 0 atom stereocenters. The summed E-state index contributed by atoms with van der Waals surface area (Å²) in [7, 11) is 0. The number of hydrogen-bond acceptors (Lipinski definition) is 3. The third-order valence-electron chi connectivity index (χ3n) is 4.82. The number of benzene rings is 2. The first-order valence-electron chi connectivity index (χ1n) is 8.87. The first kappa shape index (κ1) is 16.0. The molecule has 0 spiro atoms. The minimum atomic E-state index is 0.830. The van der Waals surface area contributed by atoms with Crippen LogP contribution >= 0.6 is 0 Å². The standard InChI is InChI=1S/C22H23N3/c1-16-6-8-19(9-7-16)22-23-13-20-10-11-25(15-21(20)24-22)14-18-5-3-4-17(2)12-18/h3-9,12-13H,10-11,14-15H2,1-2H3. The highest BCUT2D eigenvalue weighted by Crippen LogP contribution is 2.22. The second kappa shape index (κ2) is 6.77. The topological polar surface area (TPSA) is 29.0 Å². The molecule has 0 unspecified atom stereocenters. The molecule has 0 saturated carbocycles. The van der Waals surface area contributed by atoms with E-state index in [1.54, 1.807) is 0 Å². The number of nitrogens with zero attached hydrogens (tertiary/aromatic N) is 3. The number of fused-ring (bicyclic) bond motifs is 1. The second-order valence-corrected chi connectivity index (χ2v) is 6.98. The summed E-state index contributed by atoms with van der Waals surface area (Å²) in [6, 6.07) is 17.2. The van der Waals surface area contributed by atoms with Crippen LogP contribution in [0.3, 0.4) is 0 Å². The van der Waals surface area contributed by atoms with E-state index in [0.717, 1.165) is 37.4 Å². The molecule has 2 aromatic carbocycles. The molecule has 1 aliphatic rings. The largest absolute Gasteiger partial charge is 0.293 e. The molecule has 2 heterocycles. The summed E-state index contributed by atoms with van der Waals surface area (Å²) in [6.45, 7) is 7.18. The lowest BCUT2D eigenvalue weighted by molar-refractivity contribution is 0.241. The Morgan fingerprint density at radius 1 is 1.00 bits per heavy atom. The van der Waals surface area contributed by atoms with Gasteiger partial charge in [-0.25, -0.2) is 9.97 Å². The summed E-state index contributed by atoms with van der Waals surface area (Å²) in [4.78, 5) is 11.9. The van der Waals surface area contributed by atoms with E-state index in [9.17, 15) is 0 Å². The van der Waals surface area contributed by atoms with Gasteiger partial charge in [0.1, 0.15) is 0 Å². The summed E-state index contributed by atoms with van der Waals surface area (Å²) < 4.78 is 0. The van der Waals surface area contributed by atoms with Gasteiger partial charge in [-0.15, -0.1) is 0 Å². The zero-order valence-electron chi connectivity index (χ0n) is 14.9. The SMILES string of the molecule is Cc1ccc(-c2ncc3c(n2)CN(Cc2cccc(C)c2)CC3)cc1. The zero-order valence-corrected chi connectivity index (χ0v) is 14.9. The van der Waals surface area contributed by atoms with E-state index < -0.39 is 0 Å². The van der Waals surface area contributed by atoms with E-state index in [1.165, 1.54) is 27.9 Å². The Labute approximate surface area is 149 Å². The van der Waals surface area contributed by atoms with Gasteiger partial charge in [0.05, 0.1) is 5.69 Å². The fourth-order valence-corrected chi connectivity index (χ4v) is 3.40. The van der Waals surface area contributed by atoms with Gasteiger partial charge in [0, 0.05) is 31.4 Å². The van der Waals surface area contributed by atoms with Gasteiger partial charge in [-0.3, -0.25) is 4.90 Å². The number of rotatable bonds is 3. The van der Waals surface area contributed by atoms with E-state index in [2.05, 4.69) is 72.3 Å². The predicted octanol–water partition coefficient (Wildman–Crippen LogP) is 4.32. The minimum Gasteiger partial charge on any atom is -0.293 e. The van der Waals surface area contributed by atoms with Crippen molar-refractivity contribution in [3.05, 3.63) is 82.7 Å². The van der Waals surface area contributed by atoms with Crippen molar-refractivity contribution in [2.45, 2.75) is 33.4 Å². The third-order valence-corrected chi connectivity index (χ3v) is 4.82. The molecule has 3 nitrogen and oxygen atoms in total. The first-order chi connectivity index (χ1) is 12.2. The van der Waals surface area contributed by atoms with Crippen LogP contribution < -0.4 is 0 Å². The van der Waals surface area contributed by atoms with E-state index >= 15 is 0 Å². The van der Waals surface area contributed by atoms with Crippen molar-refractivity contribution >= 4 is 0 Å². The maximum atomic E-state index is 4.87. The Morgan fingerprint density at radius 3 is 2.64 bits per heavy atom. The summed E-state index contributed by atoms with van der Waals surface area (Å²) in [5.41, 5.74) is 7.49. The molecular formula is C22H23N3. The lowest BCUT2D eigenvalue weighted by Gasteiger charge is -2.28. The molecule has 0 aliphatic carbocycles. The molecular weight excluding hydrogens is 306 g/mol. The molecule has 1 aromatic heterocycles. The smallest absolute Gasteiger partial charge is 0.159 e. The molecule has 25 heavy (non-hydrogen) atoms. The van der Waals surface area contributed by atoms with Crippen molar-refractivity contribution in [2.75, 3.05) is 6.54 Å². The summed E-state index contributed by atoms with van der Waals surface area (Å²) >= 11 is 0. The van der Waals surface area contributed by atoms with E-state index in [4.69, 9.17) is 4.98 Å². The molecule has 1 aliphatic heterocycles. The molecule has 3 aromatic rings. The Bertz CT molecular complexity index is 884. The molecule has 0 amide bonds. The van der Waals surface area contributed by atoms with Gasteiger partial charge in [-0.2, -0.15) is 0 Å². The van der Waals surface area contributed by atoms with Crippen LogP contribution in [-0.4, -0.2) is 21.4 Å². The Balaban J connectivity index is 1.55. The Morgan fingerprint density at radius 2 is 1.84 bits per heavy atom. The molecule has 0 N–H and O–H groups in total. The highest BCUT2D eigenvalue weighted by Gasteiger charge is 2.19. The van der Waals surface area contributed by atoms with Crippen LogP contribution in [0.1, 0.15) is 27.9 Å². The molecule has 0 radical (unpaired) electrons. The van der Waals surface area contributed by atoms with Crippen LogP contribution in [0.15, 0.2) is 54.7 Å². The zero-order chi connectivity index (χ0) is 17.2. The molecule has 3 heteroatoms. The fraction of sp³-hybridized carbons (Fsp3) is 0.273. The number of hydrogen-bond donors (Lipinski definition) is 0. The van der Waals surface area contributed by atoms with Crippen molar-refractivity contribution in [1.29, 1.82) is 0 Å². The normalized spacial score (nSPS) is 14.3. The van der Waals surface area contributed by atoms with Crippen molar-refractivity contribution in [3.8, 4) is 11.4 Å². The van der Waals surface area contributed by atoms with E-state index in [-0.39, 0.29) is 0 Å². The van der Waals surface area contributed by atoms with Crippen LogP contribution in [-0.2, 0) is 19.5 Å². The maximum Gasteiger partial charge on any atom is 0.159 e. The lowest BCUT2D eigenvalue weighted by atomic mass is 10.0. The Kier molecular flexibility index (Phi) is 4.33. The quantitative estimate of drug-likeness (QED) is 0.716. The first-order valence-corrected chi connectivity index (χ1v) is 8.87. The molecule has 4 rings (SSSR count). The van der Waals surface area contributed by atoms with Crippen LogP contribution in [0.4, 0.5) is 0 Å². The number of aryl methyl sites for hydroxylation is 2. The molecule has 0 fully saturated rings. The highest BCUT2D eigenvalue weighted by atomic mass is 15.1. The minimum absolute atomic E-state index is 0.830.